The van der Waals surface area contributed by atoms with Crippen molar-refractivity contribution >= 4 is 5.96 Å². The van der Waals surface area contributed by atoms with Crippen LogP contribution in [0.1, 0.15) is 57.7 Å². The van der Waals surface area contributed by atoms with Crippen molar-refractivity contribution in [3.05, 3.63) is 12.2 Å². The lowest BCUT2D eigenvalue weighted by Crippen LogP contribution is -2.42. The Morgan fingerprint density at radius 3 is 2.82 bits per heavy atom. The third kappa shape index (κ3) is 5.31. The van der Waals surface area contributed by atoms with Gasteiger partial charge in [-0.3, -0.25) is 4.99 Å². The Morgan fingerprint density at radius 1 is 1.41 bits per heavy atom. The van der Waals surface area contributed by atoms with Crippen LogP contribution in [0.2, 0.25) is 0 Å². The van der Waals surface area contributed by atoms with E-state index in [4.69, 9.17) is 0 Å². The topological polar surface area (TPSA) is 67.1 Å². The molecular weight excluding hydrogens is 276 g/mol. The van der Waals surface area contributed by atoms with E-state index >= 15 is 0 Å². The molecule has 0 aromatic carbocycles. The van der Waals surface area contributed by atoms with Crippen molar-refractivity contribution in [3.8, 4) is 0 Å². The fourth-order valence-electron chi connectivity index (χ4n) is 3.09. The van der Waals surface area contributed by atoms with Gasteiger partial charge in [0.25, 0.3) is 0 Å². The molecule has 0 spiro atoms. The van der Waals surface area contributed by atoms with Crippen LogP contribution in [0.25, 0.3) is 0 Å². The van der Waals surface area contributed by atoms with Crippen LogP contribution in [-0.2, 0) is 13.6 Å². The van der Waals surface area contributed by atoms with E-state index in [2.05, 4.69) is 32.7 Å². The maximum atomic E-state index is 4.29. The minimum atomic E-state index is 0.438. The molecule has 2 N–H and O–H groups in total. The summed E-state index contributed by atoms with van der Waals surface area (Å²) in [5, 5.41) is 14.7. The lowest BCUT2D eigenvalue weighted by molar-refractivity contribution is 0.322. The van der Waals surface area contributed by atoms with Crippen molar-refractivity contribution < 1.29 is 0 Å². The Kier molecular flexibility index (Phi) is 6.68. The first-order valence-corrected chi connectivity index (χ1v) is 8.49. The molecule has 2 rings (SSSR count). The van der Waals surface area contributed by atoms with Gasteiger partial charge in [0.15, 0.2) is 11.8 Å². The Labute approximate surface area is 133 Å². The molecule has 22 heavy (non-hydrogen) atoms. The van der Waals surface area contributed by atoms with Crippen molar-refractivity contribution in [2.75, 3.05) is 7.05 Å². The first-order chi connectivity index (χ1) is 10.7. The second kappa shape index (κ2) is 8.76. The minimum Gasteiger partial charge on any atom is -0.354 e. The van der Waals surface area contributed by atoms with Gasteiger partial charge in [-0.25, -0.2) is 0 Å². The van der Waals surface area contributed by atoms with E-state index < -0.39 is 0 Å². The fraction of sp³-hybridized carbons (Fsp3) is 0.812. The van der Waals surface area contributed by atoms with Crippen molar-refractivity contribution in [3.63, 3.8) is 0 Å². The Balaban J connectivity index is 1.69. The van der Waals surface area contributed by atoms with E-state index in [1.54, 1.807) is 13.4 Å². The maximum absolute atomic E-state index is 4.29. The second-order valence-corrected chi connectivity index (χ2v) is 6.41. The number of nitrogens with zero attached hydrogens (tertiary/aromatic N) is 4. The molecule has 1 atom stereocenters. The van der Waals surface area contributed by atoms with E-state index in [9.17, 15) is 0 Å². The van der Waals surface area contributed by atoms with Gasteiger partial charge in [0.2, 0.25) is 0 Å². The van der Waals surface area contributed by atoms with Crippen LogP contribution >= 0.6 is 0 Å². The number of guanidine groups is 1. The third-order valence-corrected chi connectivity index (χ3v) is 4.56. The molecule has 0 amide bonds. The van der Waals surface area contributed by atoms with Crippen molar-refractivity contribution in [2.24, 2.45) is 18.0 Å². The lowest BCUT2D eigenvalue weighted by atomic mass is 9.85. The highest BCUT2D eigenvalue weighted by Gasteiger charge is 2.15. The molecule has 124 valence electrons. The van der Waals surface area contributed by atoms with Gasteiger partial charge in [-0.1, -0.05) is 32.1 Å². The van der Waals surface area contributed by atoms with Crippen molar-refractivity contribution in [1.29, 1.82) is 0 Å². The zero-order valence-corrected chi connectivity index (χ0v) is 14.2. The molecule has 1 saturated carbocycles. The number of rotatable bonds is 6. The number of aliphatic imine (C=N–C) groups is 1. The molecule has 0 aliphatic heterocycles. The summed E-state index contributed by atoms with van der Waals surface area (Å²) in [6.07, 6.45) is 11.4. The third-order valence-electron chi connectivity index (χ3n) is 4.56. The molecule has 1 aliphatic rings. The van der Waals surface area contributed by atoms with E-state index in [1.165, 1.54) is 44.9 Å². The molecule has 6 nitrogen and oxygen atoms in total. The van der Waals surface area contributed by atoms with Crippen molar-refractivity contribution in [2.45, 2.75) is 64.5 Å². The lowest BCUT2D eigenvalue weighted by Gasteiger charge is -2.24. The summed E-state index contributed by atoms with van der Waals surface area (Å²) < 4.78 is 1.91. The van der Waals surface area contributed by atoms with Gasteiger partial charge in [0.05, 0.1) is 6.54 Å². The highest BCUT2D eigenvalue weighted by atomic mass is 15.3. The SMILES string of the molecule is CN=C(NCc1nncn1C)NC(C)CCC1CCCCC1. The maximum Gasteiger partial charge on any atom is 0.191 e. The molecule has 1 fully saturated rings. The summed E-state index contributed by atoms with van der Waals surface area (Å²) in [5.41, 5.74) is 0. The van der Waals surface area contributed by atoms with Crippen molar-refractivity contribution in [1.82, 2.24) is 25.4 Å². The molecule has 0 radical (unpaired) electrons. The molecule has 0 bridgehead atoms. The molecule has 1 unspecified atom stereocenters. The smallest absolute Gasteiger partial charge is 0.191 e. The molecular formula is C16H30N6. The van der Waals surface area contributed by atoms with Gasteiger partial charge in [-0.15, -0.1) is 10.2 Å². The molecule has 1 aromatic heterocycles. The average Bonchev–Trinajstić information content (AvgIpc) is 2.95. The highest BCUT2D eigenvalue weighted by Crippen LogP contribution is 2.27. The average molecular weight is 306 g/mol. The van der Waals surface area contributed by atoms with Crippen LogP contribution < -0.4 is 10.6 Å². The summed E-state index contributed by atoms with van der Waals surface area (Å²) >= 11 is 0. The van der Waals surface area contributed by atoms with Crippen LogP contribution in [0, 0.1) is 5.92 Å². The first-order valence-electron chi connectivity index (χ1n) is 8.49. The number of aromatic nitrogens is 3. The Bertz CT molecular complexity index is 461. The summed E-state index contributed by atoms with van der Waals surface area (Å²) in [7, 11) is 3.75. The van der Waals surface area contributed by atoms with Gasteiger partial charge in [-0.05, 0) is 25.7 Å². The minimum absolute atomic E-state index is 0.438. The number of nitrogens with one attached hydrogen (secondary N) is 2. The predicted octanol–water partition coefficient (Wildman–Crippen LogP) is 2.23. The largest absolute Gasteiger partial charge is 0.354 e. The summed E-state index contributed by atoms with van der Waals surface area (Å²) in [4.78, 5) is 4.29. The summed E-state index contributed by atoms with van der Waals surface area (Å²) in [5.74, 6) is 2.67. The molecule has 1 heterocycles. The predicted molar refractivity (Wildman–Crippen MR) is 89.6 cm³/mol. The zero-order chi connectivity index (χ0) is 15.8. The monoisotopic (exact) mass is 306 g/mol. The first kappa shape index (κ1) is 16.8. The quantitative estimate of drug-likeness (QED) is 0.625. The van der Waals surface area contributed by atoms with E-state index in [-0.39, 0.29) is 0 Å². The van der Waals surface area contributed by atoms with Gasteiger partial charge in [-0.2, -0.15) is 0 Å². The van der Waals surface area contributed by atoms with Gasteiger partial charge in [0.1, 0.15) is 6.33 Å². The molecule has 1 aliphatic carbocycles. The normalized spacial score (nSPS) is 18.2. The van der Waals surface area contributed by atoms with E-state index in [0.717, 1.165) is 17.7 Å². The summed E-state index contributed by atoms with van der Waals surface area (Å²) in [6, 6.07) is 0.438. The van der Waals surface area contributed by atoms with Crippen LogP contribution in [-0.4, -0.2) is 33.8 Å². The van der Waals surface area contributed by atoms with Gasteiger partial charge >= 0.3 is 0 Å². The van der Waals surface area contributed by atoms with Crippen LogP contribution in [0.3, 0.4) is 0 Å². The van der Waals surface area contributed by atoms with Gasteiger partial charge in [0, 0.05) is 20.1 Å². The van der Waals surface area contributed by atoms with E-state index in [1.807, 2.05) is 11.6 Å². The Morgan fingerprint density at radius 2 is 2.18 bits per heavy atom. The second-order valence-electron chi connectivity index (χ2n) is 6.41. The Hall–Kier alpha value is -1.59. The van der Waals surface area contributed by atoms with Crippen LogP contribution in [0.5, 0.6) is 0 Å². The van der Waals surface area contributed by atoms with Crippen LogP contribution in [0.4, 0.5) is 0 Å². The van der Waals surface area contributed by atoms with Crippen LogP contribution in [0.15, 0.2) is 11.3 Å². The molecule has 0 saturated heterocycles. The van der Waals surface area contributed by atoms with Gasteiger partial charge < -0.3 is 15.2 Å². The molecule has 6 heteroatoms. The van der Waals surface area contributed by atoms with E-state index in [0.29, 0.717) is 12.6 Å². The summed E-state index contributed by atoms with van der Waals surface area (Å²) in [6.45, 7) is 2.86. The fourth-order valence-corrected chi connectivity index (χ4v) is 3.09. The zero-order valence-electron chi connectivity index (χ0n) is 14.2. The number of hydrogen-bond donors (Lipinski definition) is 2. The number of hydrogen-bond acceptors (Lipinski definition) is 3. The molecule has 1 aromatic rings. The standard InChI is InChI=1S/C16H30N6/c1-13(9-10-14-7-5-4-6-8-14)20-16(17-2)18-11-15-21-19-12-22(15)3/h12-14H,4-11H2,1-3H3,(H2,17,18,20). The highest BCUT2D eigenvalue weighted by molar-refractivity contribution is 5.79. The number of aryl methyl sites for hydroxylation is 1.